The Hall–Kier alpha value is -3.16. The molecule has 0 spiro atoms. The fourth-order valence-corrected chi connectivity index (χ4v) is 4.53. The number of benzene rings is 2. The fraction of sp³-hybridized carbons (Fsp3) is 0.259. The van der Waals surface area contributed by atoms with Crippen LogP contribution in [0.1, 0.15) is 41.0 Å². The van der Waals surface area contributed by atoms with Crippen LogP contribution in [0.2, 0.25) is 0 Å². The first-order valence-corrected chi connectivity index (χ1v) is 12.3. The first kappa shape index (κ1) is 24.0. The number of halogens is 1. The zero-order chi connectivity index (χ0) is 24.2. The molecule has 7 heteroatoms. The second-order valence-electron chi connectivity index (χ2n) is 8.27. The van der Waals surface area contributed by atoms with E-state index in [0.29, 0.717) is 17.7 Å². The van der Waals surface area contributed by atoms with Gasteiger partial charge in [0, 0.05) is 40.7 Å². The van der Waals surface area contributed by atoms with Gasteiger partial charge in [-0.15, -0.1) is 0 Å². The number of carbonyl (C=O) groups excluding carboxylic acids is 2. The maximum Gasteiger partial charge on any atom is 0.256 e. The molecule has 0 saturated carbocycles. The van der Waals surface area contributed by atoms with Crippen molar-refractivity contribution in [3.8, 4) is 11.1 Å². The second-order valence-corrected chi connectivity index (χ2v) is 9.19. The molecule has 1 aliphatic heterocycles. The van der Waals surface area contributed by atoms with Gasteiger partial charge in [0.05, 0.1) is 11.1 Å². The maximum atomic E-state index is 12.9. The zero-order valence-corrected chi connectivity index (χ0v) is 21.3. The number of likely N-dealkylation sites (N-methyl/N-ethyl adjacent to an activating group) is 1. The van der Waals surface area contributed by atoms with E-state index < -0.39 is 0 Å². The Morgan fingerprint density at radius 3 is 2.56 bits per heavy atom. The van der Waals surface area contributed by atoms with E-state index in [1.807, 2.05) is 55.5 Å². The monoisotopic (exact) mass is 520 g/mol. The number of hydrogen-bond acceptors (Lipinski definition) is 3. The standard InChI is InChI=1S/C27H29BrN4O2/c1-4-32(5-2)14-13-29-26(33)22-16-30-24(17(22)3)15-21-25-20(18-9-11-19(28)12-10-18)7-6-8-23(25)31-27(21)34/h6-12,15-16,30H,4-5,13-14H2,1-3H3,(H,29,33)(H,31,34)/b21-15-. The van der Waals surface area contributed by atoms with Crippen molar-refractivity contribution in [3.63, 3.8) is 0 Å². The number of fused-ring (bicyclic) bond motifs is 1. The Balaban J connectivity index is 1.62. The number of H-pyrrole nitrogens is 1. The van der Waals surface area contributed by atoms with Gasteiger partial charge in [0.15, 0.2) is 0 Å². The van der Waals surface area contributed by atoms with Gasteiger partial charge in [0.25, 0.3) is 11.8 Å². The second kappa shape index (κ2) is 10.4. The lowest BCUT2D eigenvalue weighted by atomic mass is 9.94. The van der Waals surface area contributed by atoms with E-state index in [-0.39, 0.29) is 11.8 Å². The topological polar surface area (TPSA) is 77.2 Å². The van der Waals surface area contributed by atoms with E-state index in [1.54, 1.807) is 6.20 Å². The number of nitrogens with zero attached hydrogens (tertiary/aromatic N) is 1. The highest BCUT2D eigenvalue weighted by molar-refractivity contribution is 9.10. The average molecular weight is 521 g/mol. The maximum absolute atomic E-state index is 12.9. The molecule has 0 bridgehead atoms. The van der Waals surface area contributed by atoms with Crippen LogP contribution in [0.4, 0.5) is 5.69 Å². The third kappa shape index (κ3) is 4.86. The largest absolute Gasteiger partial charge is 0.361 e. The summed E-state index contributed by atoms with van der Waals surface area (Å²) in [6.45, 7) is 9.44. The molecular formula is C27H29BrN4O2. The molecule has 2 heterocycles. The lowest BCUT2D eigenvalue weighted by molar-refractivity contribution is -0.110. The molecule has 2 aromatic carbocycles. The minimum absolute atomic E-state index is 0.114. The number of hydrogen-bond donors (Lipinski definition) is 3. The van der Waals surface area contributed by atoms with Gasteiger partial charge in [0.2, 0.25) is 0 Å². The van der Waals surface area contributed by atoms with Gasteiger partial charge in [0.1, 0.15) is 0 Å². The van der Waals surface area contributed by atoms with Gasteiger partial charge in [-0.25, -0.2) is 0 Å². The smallest absolute Gasteiger partial charge is 0.256 e. The van der Waals surface area contributed by atoms with Crippen LogP contribution < -0.4 is 10.6 Å². The third-order valence-corrected chi connectivity index (χ3v) is 6.83. The highest BCUT2D eigenvalue weighted by Gasteiger charge is 2.28. The van der Waals surface area contributed by atoms with Gasteiger partial charge in [-0.2, -0.15) is 0 Å². The highest BCUT2D eigenvalue weighted by Crippen LogP contribution is 2.40. The Labute approximate surface area is 208 Å². The molecule has 3 aromatic rings. The van der Waals surface area contributed by atoms with Crippen molar-refractivity contribution in [1.82, 2.24) is 15.2 Å². The molecule has 4 rings (SSSR count). The minimum Gasteiger partial charge on any atom is -0.361 e. The van der Waals surface area contributed by atoms with Crippen LogP contribution in [0, 0.1) is 6.92 Å². The Morgan fingerprint density at radius 1 is 1.12 bits per heavy atom. The first-order valence-electron chi connectivity index (χ1n) is 11.5. The van der Waals surface area contributed by atoms with Gasteiger partial charge in [-0.1, -0.05) is 54.0 Å². The average Bonchev–Trinajstić information content (AvgIpc) is 3.36. The number of amides is 2. The molecular weight excluding hydrogens is 492 g/mol. The number of rotatable bonds is 8. The summed E-state index contributed by atoms with van der Waals surface area (Å²) in [4.78, 5) is 31.1. The number of carbonyl (C=O) groups is 2. The molecule has 3 N–H and O–H groups in total. The quantitative estimate of drug-likeness (QED) is 0.352. The SMILES string of the molecule is CCN(CC)CCNC(=O)c1c[nH]c(/C=C2\C(=O)Nc3cccc(-c4ccc(Br)cc4)c32)c1C. The van der Waals surface area contributed by atoms with Gasteiger partial charge in [-0.3, -0.25) is 9.59 Å². The summed E-state index contributed by atoms with van der Waals surface area (Å²) < 4.78 is 0.999. The van der Waals surface area contributed by atoms with Crippen molar-refractivity contribution >= 4 is 45.1 Å². The van der Waals surface area contributed by atoms with Crippen molar-refractivity contribution in [1.29, 1.82) is 0 Å². The molecule has 34 heavy (non-hydrogen) atoms. The molecule has 6 nitrogen and oxygen atoms in total. The van der Waals surface area contributed by atoms with E-state index >= 15 is 0 Å². The Kier molecular flexibility index (Phi) is 7.34. The molecule has 0 fully saturated rings. The molecule has 0 atom stereocenters. The molecule has 1 aromatic heterocycles. The van der Waals surface area contributed by atoms with Crippen molar-refractivity contribution in [3.05, 3.63) is 75.5 Å². The number of nitrogens with one attached hydrogen (secondary N) is 3. The summed E-state index contributed by atoms with van der Waals surface area (Å²) in [5.41, 5.74) is 6.39. The van der Waals surface area contributed by atoms with E-state index in [4.69, 9.17) is 0 Å². The van der Waals surface area contributed by atoms with Crippen LogP contribution in [-0.4, -0.2) is 47.9 Å². The lowest BCUT2D eigenvalue weighted by Crippen LogP contribution is -2.34. The van der Waals surface area contributed by atoms with Gasteiger partial charge in [-0.05, 0) is 61.0 Å². The number of anilines is 1. The van der Waals surface area contributed by atoms with E-state index in [0.717, 1.165) is 57.7 Å². The van der Waals surface area contributed by atoms with E-state index in [2.05, 4.69) is 50.3 Å². The third-order valence-electron chi connectivity index (χ3n) is 6.30. The molecule has 1 aliphatic rings. The summed E-state index contributed by atoms with van der Waals surface area (Å²) in [5, 5.41) is 5.97. The Morgan fingerprint density at radius 2 is 1.85 bits per heavy atom. The van der Waals surface area contributed by atoms with Crippen molar-refractivity contribution in [2.45, 2.75) is 20.8 Å². The van der Waals surface area contributed by atoms with Crippen LogP contribution in [0.5, 0.6) is 0 Å². The predicted octanol–water partition coefficient (Wildman–Crippen LogP) is 5.32. The van der Waals surface area contributed by atoms with Crippen LogP contribution in [0.25, 0.3) is 22.8 Å². The predicted molar refractivity (Wildman–Crippen MR) is 142 cm³/mol. The van der Waals surface area contributed by atoms with Gasteiger partial charge < -0.3 is 20.5 Å². The summed E-state index contributed by atoms with van der Waals surface area (Å²) in [6.07, 6.45) is 3.55. The Bertz CT molecular complexity index is 1240. The fourth-order valence-electron chi connectivity index (χ4n) is 4.26. The highest BCUT2D eigenvalue weighted by atomic mass is 79.9. The summed E-state index contributed by atoms with van der Waals surface area (Å²) in [7, 11) is 0. The number of aromatic nitrogens is 1. The zero-order valence-electron chi connectivity index (χ0n) is 19.7. The molecule has 2 amide bonds. The molecule has 0 radical (unpaired) electrons. The van der Waals surface area contributed by atoms with Crippen LogP contribution >= 0.6 is 15.9 Å². The van der Waals surface area contributed by atoms with Gasteiger partial charge >= 0.3 is 0 Å². The van der Waals surface area contributed by atoms with Crippen molar-refractivity contribution in [2.24, 2.45) is 0 Å². The van der Waals surface area contributed by atoms with E-state index in [1.165, 1.54) is 0 Å². The van der Waals surface area contributed by atoms with Crippen LogP contribution in [0.15, 0.2) is 53.1 Å². The van der Waals surface area contributed by atoms with Crippen LogP contribution in [-0.2, 0) is 4.79 Å². The van der Waals surface area contributed by atoms with Crippen molar-refractivity contribution in [2.75, 3.05) is 31.5 Å². The minimum atomic E-state index is -0.154. The first-order chi connectivity index (χ1) is 16.4. The van der Waals surface area contributed by atoms with Crippen LogP contribution in [0.3, 0.4) is 0 Å². The van der Waals surface area contributed by atoms with Crippen molar-refractivity contribution < 1.29 is 9.59 Å². The molecule has 176 valence electrons. The van der Waals surface area contributed by atoms with E-state index in [9.17, 15) is 9.59 Å². The molecule has 0 saturated heterocycles. The normalized spacial score (nSPS) is 13.9. The molecule has 0 aliphatic carbocycles. The summed E-state index contributed by atoms with van der Waals surface area (Å²) in [5.74, 6) is -0.267. The lowest BCUT2D eigenvalue weighted by Gasteiger charge is -2.17. The molecule has 0 unspecified atom stereocenters. The summed E-state index contributed by atoms with van der Waals surface area (Å²) in [6, 6.07) is 13.9. The summed E-state index contributed by atoms with van der Waals surface area (Å²) >= 11 is 3.48. The number of aromatic amines is 1.